The van der Waals surface area contributed by atoms with E-state index < -0.39 is 17.9 Å². The van der Waals surface area contributed by atoms with E-state index in [1.165, 1.54) is 6.07 Å². The van der Waals surface area contributed by atoms with E-state index in [4.69, 9.17) is 14.9 Å². The molecule has 0 amide bonds. The van der Waals surface area contributed by atoms with Crippen LogP contribution in [0.3, 0.4) is 0 Å². The molecule has 0 radical (unpaired) electrons. The number of carboxylic acids is 2. The van der Waals surface area contributed by atoms with Crippen molar-refractivity contribution in [3.8, 4) is 17.2 Å². The average Bonchev–Trinajstić information content (AvgIpc) is 2.51. The smallest absolute Gasteiger partial charge is 0.318 e. The molecule has 0 aliphatic carbocycles. The van der Waals surface area contributed by atoms with Gasteiger partial charge in [0, 0.05) is 0 Å². The summed E-state index contributed by atoms with van der Waals surface area (Å²) in [6.07, 6.45) is -0.103. The second kappa shape index (κ2) is 8.70. The van der Waals surface area contributed by atoms with Gasteiger partial charge in [0.2, 0.25) is 0 Å². The van der Waals surface area contributed by atoms with E-state index in [0.717, 1.165) is 7.14 Å². The SMILES string of the molecule is O=C(O)C(Cc1cc(I)c(Oc2ccc(O)c(I)c2)c(I)c1)C(=O)O. The molecule has 9 heteroatoms. The van der Waals surface area contributed by atoms with Gasteiger partial charge in [0.25, 0.3) is 0 Å². The van der Waals surface area contributed by atoms with Gasteiger partial charge in [-0.1, -0.05) is 0 Å². The maximum Gasteiger partial charge on any atom is 0.318 e. The molecule has 0 bridgehead atoms. The number of phenolic OH excluding ortho intramolecular Hbond substituents is 1. The molecule has 3 N–H and O–H groups in total. The molecular formula is C16H11I3O6. The maximum atomic E-state index is 11.1. The van der Waals surface area contributed by atoms with Gasteiger partial charge in [0.1, 0.15) is 11.5 Å². The number of halogens is 3. The van der Waals surface area contributed by atoms with Crippen molar-refractivity contribution in [2.45, 2.75) is 6.42 Å². The van der Waals surface area contributed by atoms with Crippen LogP contribution in [-0.2, 0) is 16.0 Å². The van der Waals surface area contributed by atoms with Crippen LogP contribution < -0.4 is 4.74 Å². The first-order valence-corrected chi connectivity index (χ1v) is 10.0. The van der Waals surface area contributed by atoms with Crippen LogP contribution in [0.1, 0.15) is 5.56 Å². The Hall–Kier alpha value is -0.830. The van der Waals surface area contributed by atoms with Gasteiger partial charge in [-0.3, -0.25) is 9.59 Å². The van der Waals surface area contributed by atoms with Gasteiger partial charge < -0.3 is 20.1 Å². The zero-order valence-corrected chi connectivity index (χ0v) is 18.8. The molecule has 0 heterocycles. The van der Waals surface area contributed by atoms with Gasteiger partial charge in [-0.05, 0) is 110 Å². The largest absolute Gasteiger partial charge is 0.507 e. The Morgan fingerprint density at radius 3 is 2.00 bits per heavy atom. The Morgan fingerprint density at radius 2 is 1.52 bits per heavy atom. The molecule has 6 nitrogen and oxygen atoms in total. The molecule has 0 unspecified atom stereocenters. The predicted molar refractivity (Wildman–Crippen MR) is 115 cm³/mol. The highest BCUT2D eigenvalue weighted by Gasteiger charge is 2.26. The molecule has 0 atom stereocenters. The molecule has 0 saturated heterocycles. The Bertz CT molecular complexity index is 800. The van der Waals surface area contributed by atoms with Gasteiger partial charge in [-0.2, -0.15) is 0 Å². The molecule has 0 spiro atoms. The minimum absolute atomic E-state index is 0.103. The van der Waals surface area contributed by atoms with Crippen molar-refractivity contribution >= 4 is 79.7 Å². The van der Waals surface area contributed by atoms with Crippen LogP contribution in [0.4, 0.5) is 0 Å². The van der Waals surface area contributed by atoms with Gasteiger partial charge >= 0.3 is 11.9 Å². The minimum atomic E-state index is -1.49. The van der Waals surface area contributed by atoms with Crippen LogP contribution in [0.2, 0.25) is 0 Å². The fourth-order valence-electron chi connectivity index (χ4n) is 2.01. The number of carbonyl (C=O) groups is 2. The summed E-state index contributed by atoms with van der Waals surface area (Å²) in [6, 6.07) is 8.30. The quantitative estimate of drug-likeness (QED) is 0.311. The minimum Gasteiger partial charge on any atom is -0.507 e. The average molecular weight is 680 g/mol. The summed E-state index contributed by atoms with van der Waals surface area (Å²) in [6.45, 7) is 0. The molecule has 132 valence electrons. The zero-order valence-electron chi connectivity index (χ0n) is 12.4. The van der Waals surface area contributed by atoms with Crippen LogP contribution in [0.15, 0.2) is 30.3 Å². The monoisotopic (exact) mass is 680 g/mol. The van der Waals surface area contributed by atoms with E-state index in [-0.39, 0.29) is 12.2 Å². The highest BCUT2D eigenvalue weighted by atomic mass is 127. The number of aliphatic carboxylic acids is 2. The van der Waals surface area contributed by atoms with E-state index in [1.807, 2.05) is 22.6 Å². The van der Waals surface area contributed by atoms with Gasteiger partial charge in [-0.15, -0.1) is 0 Å². The summed E-state index contributed by atoms with van der Waals surface area (Å²) in [5.41, 5.74) is 0.608. The Balaban J connectivity index is 2.29. The summed E-state index contributed by atoms with van der Waals surface area (Å²) in [5.74, 6) is -2.90. The Kier molecular flexibility index (Phi) is 7.13. The molecule has 0 aliphatic rings. The van der Waals surface area contributed by atoms with Crippen molar-refractivity contribution in [3.05, 3.63) is 46.6 Å². The van der Waals surface area contributed by atoms with Crippen molar-refractivity contribution in [2.75, 3.05) is 0 Å². The lowest BCUT2D eigenvalue weighted by Crippen LogP contribution is -2.25. The van der Waals surface area contributed by atoms with Gasteiger partial charge in [-0.25, -0.2) is 0 Å². The lowest BCUT2D eigenvalue weighted by Gasteiger charge is -2.14. The summed E-state index contributed by atoms with van der Waals surface area (Å²) in [7, 11) is 0. The standard InChI is InChI=1S/C16H11I3O6/c17-10-6-8(1-2-13(10)20)25-14-11(18)4-7(5-12(14)19)3-9(15(21)22)16(23)24/h1-2,4-6,9,20H,3H2,(H,21,22)(H,23,24). The van der Waals surface area contributed by atoms with E-state index in [0.29, 0.717) is 20.6 Å². The summed E-state index contributed by atoms with van der Waals surface area (Å²) < 4.78 is 7.99. The summed E-state index contributed by atoms with van der Waals surface area (Å²) >= 11 is 6.11. The Labute approximate surface area is 184 Å². The third kappa shape index (κ3) is 5.32. The number of rotatable bonds is 6. The van der Waals surface area contributed by atoms with Crippen molar-refractivity contribution < 1.29 is 29.6 Å². The molecule has 0 aliphatic heterocycles. The molecule has 25 heavy (non-hydrogen) atoms. The number of phenols is 1. The second-order valence-electron chi connectivity index (χ2n) is 5.04. The lowest BCUT2D eigenvalue weighted by atomic mass is 9.99. The van der Waals surface area contributed by atoms with Gasteiger partial charge in [0.05, 0.1) is 10.7 Å². The second-order valence-corrected chi connectivity index (χ2v) is 8.52. The number of ether oxygens (including phenoxy) is 1. The van der Waals surface area contributed by atoms with Crippen LogP contribution >= 0.6 is 67.8 Å². The molecular weight excluding hydrogens is 669 g/mol. The maximum absolute atomic E-state index is 11.1. The number of hydrogen-bond acceptors (Lipinski definition) is 4. The summed E-state index contributed by atoms with van der Waals surface area (Å²) in [5, 5.41) is 27.6. The van der Waals surface area contributed by atoms with Crippen LogP contribution in [0, 0.1) is 16.6 Å². The topological polar surface area (TPSA) is 104 Å². The highest BCUT2D eigenvalue weighted by Crippen LogP contribution is 2.35. The highest BCUT2D eigenvalue weighted by molar-refractivity contribution is 14.1. The first-order valence-electron chi connectivity index (χ1n) is 6.79. The molecule has 0 fully saturated rings. The summed E-state index contributed by atoms with van der Waals surface area (Å²) in [4.78, 5) is 22.1. The van der Waals surface area contributed by atoms with E-state index in [2.05, 4.69) is 45.2 Å². The van der Waals surface area contributed by atoms with Crippen molar-refractivity contribution in [3.63, 3.8) is 0 Å². The van der Waals surface area contributed by atoms with Crippen LogP contribution in [-0.4, -0.2) is 27.3 Å². The molecule has 2 aromatic rings. The molecule has 0 saturated carbocycles. The van der Waals surface area contributed by atoms with Crippen LogP contribution in [0.25, 0.3) is 0 Å². The molecule has 0 aromatic heterocycles. The fraction of sp³-hybridized carbons (Fsp3) is 0.125. The predicted octanol–water partition coefficient (Wildman–Crippen LogP) is 4.33. The third-order valence-electron chi connectivity index (χ3n) is 3.23. The van der Waals surface area contributed by atoms with Crippen molar-refractivity contribution in [1.82, 2.24) is 0 Å². The molecule has 2 rings (SSSR count). The number of hydrogen-bond donors (Lipinski definition) is 3. The number of aromatic hydroxyl groups is 1. The molecule has 2 aromatic carbocycles. The van der Waals surface area contributed by atoms with E-state index in [1.54, 1.807) is 24.3 Å². The lowest BCUT2D eigenvalue weighted by molar-refractivity contribution is -0.154. The van der Waals surface area contributed by atoms with Gasteiger partial charge in [0.15, 0.2) is 11.7 Å². The van der Waals surface area contributed by atoms with Crippen molar-refractivity contribution in [2.24, 2.45) is 5.92 Å². The number of benzene rings is 2. The Morgan fingerprint density at radius 1 is 0.960 bits per heavy atom. The third-order valence-corrected chi connectivity index (χ3v) is 5.70. The first kappa shape index (κ1) is 20.5. The normalized spacial score (nSPS) is 10.7. The number of carboxylic acid groups (broad SMARTS) is 2. The van der Waals surface area contributed by atoms with Crippen molar-refractivity contribution in [1.29, 1.82) is 0 Å². The first-order chi connectivity index (χ1) is 11.7. The van der Waals surface area contributed by atoms with Crippen LogP contribution in [0.5, 0.6) is 17.2 Å². The van der Waals surface area contributed by atoms with E-state index in [9.17, 15) is 14.7 Å². The van der Waals surface area contributed by atoms with E-state index >= 15 is 0 Å². The fourth-order valence-corrected chi connectivity index (χ4v) is 4.62. The zero-order chi connectivity index (χ0) is 18.7.